The van der Waals surface area contributed by atoms with Crippen LogP contribution >= 0.6 is 11.6 Å². The van der Waals surface area contributed by atoms with Gasteiger partial charge in [-0.3, -0.25) is 57.5 Å². The quantitative estimate of drug-likeness (QED) is 0.190. The summed E-state index contributed by atoms with van der Waals surface area (Å²) in [6.07, 6.45) is 0.869. The largest absolute Gasteiger partial charge is 0.393 e. The van der Waals surface area contributed by atoms with Crippen LogP contribution in [0.25, 0.3) is 0 Å². The molecule has 3 aliphatic carbocycles. The van der Waals surface area contributed by atoms with Gasteiger partial charge in [0.15, 0.2) is 0 Å². The van der Waals surface area contributed by atoms with Gasteiger partial charge >= 0.3 is 6.18 Å². The number of alkyl halides is 5. The van der Waals surface area contributed by atoms with Crippen molar-refractivity contribution >= 4 is 82.5 Å². The lowest BCUT2D eigenvalue weighted by atomic mass is 9.78. The number of amides is 12. The summed E-state index contributed by atoms with van der Waals surface area (Å²) < 4.78 is 56.9. The predicted molar refractivity (Wildman–Crippen MR) is 364 cm³/mol. The van der Waals surface area contributed by atoms with Crippen LogP contribution in [-0.4, -0.2) is 267 Å². The lowest BCUT2D eigenvalue weighted by Crippen LogP contribution is -2.65. The first-order valence-electron chi connectivity index (χ1n) is 37.0. The van der Waals surface area contributed by atoms with Gasteiger partial charge in [0.1, 0.15) is 66.1 Å². The molecule has 1 spiro atoms. The van der Waals surface area contributed by atoms with Crippen molar-refractivity contribution in [3.8, 4) is 0 Å². The van der Waals surface area contributed by atoms with Gasteiger partial charge in [0.05, 0.1) is 18.9 Å². The summed E-state index contributed by atoms with van der Waals surface area (Å²) in [7, 11) is 7.10. The normalized spacial score (nSPS) is 32.9. The number of piperidine rings is 1. The first kappa shape index (κ1) is 79.4. The van der Waals surface area contributed by atoms with Gasteiger partial charge in [0.2, 0.25) is 70.9 Å². The van der Waals surface area contributed by atoms with Crippen LogP contribution in [-0.2, 0) is 57.5 Å². The maximum atomic E-state index is 15.5. The van der Waals surface area contributed by atoms with E-state index >= 15 is 33.6 Å². The second-order valence-corrected chi connectivity index (χ2v) is 31.2. The molecule has 5 saturated heterocycles. The number of carbonyl (C=O) groups is 12. The number of likely N-dealkylation sites (N-methyl/N-ethyl adjacent to an activating group) is 5. The third-order valence-corrected chi connectivity index (χ3v) is 24.1. The minimum absolute atomic E-state index is 0.0118. The Morgan fingerprint density at radius 2 is 1.17 bits per heavy atom. The monoisotopic (exact) mass is 1430 g/mol. The molecule has 0 aromatic heterocycles. The summed E-state index contributed by atoms with van der Waals surface area (Å²) in [4.78, 5) is 192. The Balaban J connectivity index is 1.16. The van der Waals surface area contributed by atoms with Crippen molar-refractivity contribution in [3.05, 3.63) is 0 Å². The maximum absolute atomic E-state index is 15.5. The fourth-order valence-corrected chi connectivity index (χ4v) is 17.5. The number of hydrogen-bond donors (Lipinski definition) is 3. The van der Waals surface area contributed by atoms with E-state index in [0.717, 1.165) is 11.3 Å². The standard InChI is InChI=1S/C71H111ClF4N12O12/c1-11-43(4)58-67(98)80(6)41-57(90)86-35-19-22-53(86)64(95)82(8)54(39-46-23-27-47(73)28-24-46)66(97)88-37-17-20-51(88)61(92)77-50(30-26-45-25-29-48(49(72)38-45)71(74,75)76)63(94)87-36-18-21-52(87)62(93)79-70(31-13-14-32-70)69(100)84(10)59(42(2)3)68(99)83(9)55(65(96)85-33-15-12-16-34-85)40-56(89)81(7)44(5)60(91)78-58/h42-55,58-59H,11-41H2,1-10H3,(H,77,92)(H,78,91)(H,79,93)/t43-,44-,45?,46?,47?,48?,49?,50-,51+,52-,53-,54-,55-,58-,59-/m0/s1. The average Bonchev–Trinajstić information content (AvgIpc) is 1.47. The van der Waals surface area contributed by atoms with E-state index in [0.29, 0.717) is 77.3 Å². The highest BCUT2D eigenvalue weighted by molar-refractivity contribution is 6.21. The van der Waals surface area contributed by atoms with E-state index in [2.05, 4.69) is 16.0 Å². The number of nitrogens with one attached hydrogen (secondary N) is 3. The van der Waals surface area contributed by atoms with Crippen LogP contribution in [0.5, 0.6) is 0 Å². The molecule has 24 nitrogen and oxygen atoms in total. The number of nitrogens with zero attached hydrogens (tertiary/aromatic N) is 9. The summed E-state index contributed by atoms with van der Waals surface area (Å²) in [5.74, 6) is -11.0. The van der Waals surface area contributed by atoms with Gasteiger partial charge < -0.3 is 60.0 Å². The second kappa shape index (κ2) is 34.3. The first-order valence-corrected chi connectivity index (χ1v) is 37.4. The van der Waals surface area contributed by atoms with Gasteiger partial charge in [-0.15, -0.1) is 11.6 Å². The summed E-state index contributed by atoms with van der Waals surface area (Å²) in [6, 6.07) is -11.1. The summed E-state index contributed by atoms with van der Waals surface area (Å²) in [5.41, 5.74) is -1.57. The Morgan fingerprint density at radius 3 is 1.76 bits per heavy atom. The predicted octanol–water partition coefficient (Wildman–Crippen LogP) is 5.55. The molecule has 5 heterocycles. The van der Waals surface area contributed by atoms with Gasteiger partial charge in [-0.25, -0.2) is 4.39 Å². The van der Waals surface area contributed by atoms with Crippen LogP contribution in [0.3, 0.4) is 0 Å². The van der Waals surface area contributed by atoms with Crippen molar-refractivity contribution < 1.29 is 75.1 Å². The highest BCUT2D eigenvalue weighted by Gasteiger charge is 2.53. The zero-order chi connectivity index (χ0) is 73.4. The third-order valence-electron chi connectivity index (χ3n) is 23.6. The topological polar surface area (TPSA) is 270 Å². The molecule has 3 unspecified atom stereocenters. The van der Waals surface area contributed by atoms with Crippen molar-refractivity contribution in [2.45, 2.75) is 273 Å². The Labute approximate surface area is 592 Å². The van der Waals surface area contributed by atoms with E-state index in [1.54, 1.807) is 25.7 Å². The number of carbonyl (C=O) groups excluding carboxylic acids is 12. The van der Waals surface area contributed by atoms with Gasteiger partial charge in [-0.05, 0) is 165 Å². The molecule has 12 amide bonds. The highest BCUT2D eigenvalue weighted by atomic mass is 35.5. The van der Waals surface area contributed by atoms with Crippen LogP contribution < -0.4 is 16.0 Å². The van der Waals surface area contributed by atoms with Crippen molar-refractivity contribution in [1.82, 2.24) is 60.0 Å². The molecule has 3 N–H and O–H groups in total. The van der Waals surface area contributed by atoms with Gasteiger partial charge in [-0.2, -0.15) is 13.2 Å². The van der Waals surface area contributed by atoms with E-state index in [-0.39, 0.29) is 115 Å². The third kappa shape index (κ3) is 18.2. The molecule has 8 rings (SSSR count). The van der Waals surface area contributed by atoms with Crippen molar-refractivity contribution in [2.24, 2.45) is 29.6 Å². The first-order chi connectivity index (χ1) is 47.2. The summed E-state index contributed by atoms with van der Waals surface area (Å²) in [6.45, 7) is 8.98. The fraction of sp³-hybridized carbons (Fsp3) is 0.831. The van der Waals surface area contributed by atoms with Crippen LogP contribution in [0.1, 0.15) is 195 Å². The number of hydrogen-bond acceptors (Lipinski definition) is 12. The Kier molecular flexibility index (Phi) is 27.2. The van der Waals surface area contributed by atoms with Gasteiger partial charge in [-0.1, -0.05) is 47.0 Å². The van der Waals surface area contributed by atoms with E-state index < -0.39 is 179 Å². The molecular formula is C71H111ClF4N12O12. The lowest BCUT2D eigenvalue weighted by molar-refractivity contribution is -0.182. The molecule has 29 heteroatoms. The molecule has 562 valence electrons. The number of rotatable bonds is 9. The number of fused-ring (bicyclic) bond motifs is 3. The molecule has 13 atom stereocenters. The lowest BCUT2D eigenvalue weighted by Gasteiger charge is -2.42. The SMILES string of the molecule is CC[C@H](C)[C@@H]1NC(=O)[C@H](C)N(C)C(=O)C[C@@H](C(=O)N2CCCCC2)N(C)C(=O)[C@H](C(C)C)N(C)C(=O)C2(CCCC2)NC(=O)[C@@H]2CCCN2C(=O)[C@H](CCC2CCC(C(F)(F)F)C(Cl)C2)NC(=O)[C@H]2CCCN2C(=O)[C@H](CC2CCC(F)CC2)N(C)C(=O)[C@@H]2CCCN2C(=O)CN(C)C1=O. The highest BCUT2D eigenvalue weighted by Crippen LogP contribution is 2.44. The van der Waals surface area contributed by atoms with Crippen LogP contribution in [0, 0.1) is 29.6 Å². The molecule has 0 bridgehead atoms. The van der Waals surface area contributed by atoms with Gasteiger partial charge in [0, 0.05) is 73.3 Å². The molecule has 3 saturated carbocycles. The Bertz CT molecular complexity index is 2980. The zero-order valence-corrected chi connectivity index (χ0v) is 61.2. The van der Waals surface area contributed by atoms with Crippen molar-refractivity contribution in [1.29, 1.82) is 0 Å². The smallest absolute Gasteiger partial charge is 0.343 e. The molecule has 0 aromatic carbocycles. The van der Waals surface area contributed by atoms with Gasteiger partial charge in [0.25, 0.3) is 0 Å². The molecule has 0 radical (unpaired) electrons. The molecular weight excluding hydrogens is 1320 g/mol. The molecule has 5 aliphatic heterocycles. The molecule has 8 aliphatic rings. The van der Waals surface area contributed by atoms with E-state index in [1.807, 2.05) is 6.92 Å². The molecule has 0 aromatic rings. The minimum Gasteiger partial charge on any atom is -0.343 e. The summed E-state index contributed by atoms with van der Waals surface area (Å²) in [5, 5.41) is 7.58. The fourth-order valence-electron chi connectivity index (χ4n) is 17.0. The number of likely N-dealkylation sites (tertiary alicyclic amines) is 1. The second-order valence-electron chi connectivity index (χ2n) is 30.6. The average molecular weight is 1440 g/mol. The van der Waals surface area contributed by atoms with E-state index in [1.165, 1.54) is 76.5 Å². The summed E-state index contributed by atoms with van der Waals surface area (Å²) >= 11 is 6.43. The van der Waals surface area contributed by atoms with E-state index in [4.69, 9.17) is 11.6 Å². The van der Waals surface area contributed by atoms with Crippen LogP contribution in [0.4, 0.5) is 17.6 Å². The Hall–Kier alpha value is -6.35. The van der Waals surface area contributed by atoms with Crippen molar-refractivity contribution in [3.63, 3.8) is 0 Å². The van der Waals surface area contributed by atoms with Crippen molar-refractivity contribution in [2.75, 3.05) is 74.5 Å². The van der Waals surface area contributed by atoms with Crippen LogP contribution in [0.15, 0.2) is 0 Å². The maximum Gasteiger partial charge on any atom is 0.393 e. The Morgan fingerprint density at radius 1 is 0.590 bits per heavy atom. The molecule has 100 heavy (non-hydrogen) atoms. The zero-order valence-electron chi connectivity index (χ0n) is 60.5. The van der Waals surface area contributed by atoms with Crippen LogP contribution in [0.2, 0.25) is 0 Å². The molecule has 8 fully saturated rings. The number of halogens is 5. The minimum atomic E-state index is -4.52. The van der Waals surface area contributed by atoms with E-state index in [9.17, 15) is 41.5 Å².